The molecule has 1 aromatic carbocycles. The Balaban J connectivity index is 1.53. The molecule has 0 spiro atoms. The Hall–Kier alpha value is -3.54. The molecular formula is C27H30N4O2. The van der Waals surface area contributed by atoms with E-state index in [1.54, 1.807) is 24.8 Å². The maximum Gasteiger partial charge on any atom is 0.227 e. The van der Waals surface area contributed by atoms with Gasteiger partial charge in [0.1, 0.15) is 0 Å². The lowest BCUT2D eigenvalue weighted by Crippen LogP contribution is -2.51. The fraction of sp³-hybridized carbons (Fsp3) is 0.333. The third-order valence-electron chi connectivity index (χ3n) is 6.51. The number of nitrogens with zero attached hydrogens (tertiary/aromatic N) is 3. The molecule has 1 N–H and O–H groups in total. The molecule has 170 valence electrons. The Morgan fingerprint density at radius 2 is 1.73 bits per heavy atom. The second kappa shape index (κ2) is 10.4. The number of pyridine rings is 2. The van der Waals surface area contributed by atoms with Crippen LogP contribution in [0.5, 0.6) is 0 Å². The molecule has 1 fully saturated rings. The quantitative estimate of drug-likeness (QED) is 0.606. The Kier molecular flexibility index (Phi) is 7.13. The van der Waals surface area contributed by atoms with Crippen molar-refractivity contribution in [2.24, 2.45) is 5.41 Å². The van der Waals surface area contributed by atoms with E-state index >= 15 is 0 Å². The van der Waals surface area contributed by atoms with Gasteiger partial charge in [-0.1, -0.05) is 30.3 Å². The van der Waals surface area contributed by atoms with Crippen molar-refractivity contribution in [1.82, 2.24) is 20.2 Å². The molecule has 1 aliphatic heterocycles. The maximum atomic E-state index is 13.3. The number of carbonyl (C=O) groups excluding carboxylic acids is 2. The average Bonchev–Trinajstić information content (AvgIpc) is 2.86. The highest BCUT2D eigenvalue weighted by Gasteiger charge is 2.42. The van der Waals surface area contributed by atoms with E-state index in [2.05, 4.69) is 27.4 Å². The van der Waals surface area contributed by atoms with E-state index in [0.29, 0.717) is 45.3 Å². The summed E-state index contributed by atoms with van der Waals surface area (Å²) in [4.78, 5) is 36.3. The van der Waals surface area contributed by atoms with Crippen molar-refractivity contribution in [1.29, 1.82) is 0 Å². The fourth-order valence-electron chi connectivity index (χ4n) is 4.66. The van der Waals surface area contributed by atoms with Gasteiger partial charge in [-0.05, 0) is 66.6 Å². The van der Waals surface area contributed by atoms with Crippen LogP contribution in [0.2, 0.25) is 0 Å². The zero-order chi connectivity index (χ0) is 23.1. The van der Waals surface area contributed by atoms with Crippen molar-refractivity contribution in [3.8, 4) is 11.1 Å². The summed E-state index contributed by atoms with van der Waals surface area (Å²) in [5.74, 6) is 0.165. The first-order chi connectivity index (χ1) is 16.1. The second-order valence-corrected chi connectivity index (χ2v) is 8.63. The number of piperidine rings is 1. The molecule has 2 aromatic heterocycles. The topological polar surface area (TPSA) is 75.2 Å². The fourth-order valence-corrected chi connectivity index (χ4v) is 4.66. The molecule has 0 aliphatic carbocycles. The van der Waals surface area contributed by atoms with Crippen LogP contribution in [0, 0.1) is 5.41 Å². The van der Waals surface area contributed by atoms with Crippen molar-refractivity contribution in [3.63, 3.8) is 0 Å². The minimum Gasteiger partial charge on any atom is -0.356 e. The molecule has 3 aromatic rings. The molecule has 33 heavy (non-hydrogen) atoms. The Bertz CT molecular complexity index is 1080. The molecule has 0 unspecified atom stereocenters. The van der Waals surface area contributed by atoms with E-state index in [1.165, 1.54) is 0 Å². The van der Waals surface area contributed by atoms with Gasteiger partial charge in [-0.3, -0.25) is 19.6 Å². The molecule has 6 heteroatoms. The van der Waals surface area contributed by atoms with Crippen molar-refractivity contribution in [3.05, 3.63) is 84.4 Å². The van der Waals surface area contributed by atoms with Gasteiger partial charge in [-0.25, -0.2) is 0 Å². The van der Waals surface area contributed by atoms with Crippen LogP contribution in [-0.4, -0.2) is 46.3 Å². The van der Waals surface area contributed by atoms with Crippen LogP contribution in [0.15, 0.2) is 73.3 Å². The molecule has 2 amide bonds. The van der Waals surface area contributed by atoms with Crippen LogP contribution in [-0.2, 0) is 22.4 Å². The zero-order valence-corrected chi connectivity index (χ0v) is 19.0. The van der Waals surface area contributed by atoms with Crippen molar-refractivity contribution in [2.75, 3.05) is 19.6 Å². The molecule has 1 aliphatic rings. The zero-order valence-electron chi connectivity index (χ0n) is 19.0. The number of amides is 2. The first-order valence-corrected chi connectivity index (χ1v) is 11.5. The number of rotatable bonds is 7. The Labute approximate surface area is 195 Å². The predicted octanol–water partition coefficient (Wildman–Crippen LogP) is 3.67. The van der Waals surface area contributed by atoms with E-state index < -0.39 is 5.41 Å². The molecule has 0 bridgehead atoms. The third-order valence-corrected chi connectivity index (χ3v) is 6.51. The highest BCUT2D eigenvalue weighted by molar-refractivity contribution is 5.84. The van der Waals surface area contributed by atoms with Crippen molar-refractivity contribution < 1.29 is 9.59 Å². The van der Waals surface area contributed by atoms with Crippen LogP contribution >= 0.6 is 0 Å². The van der Waals surface area contributed by atoms with Gasteiger partial charge in [-0.15, -0.1) is 0 Å². The van der Waals surface area contributed by atoms with Gasteiger partial charge in [-0.2, -0.15) is 0 Å². The van der Waals surface area contributed by atoms with Gasteiger partial charge >= 0.3 is 0 Å². The Morgan fingerprint density at radius 3 is 2.42 bits per heavy atom. The predicted molar refractivity (Wildman–Crippen MR) is 128 cm³/mol. The van der Waals surface area contributed by atoms with Gasteiger partial charge in [0.25, 0.3) is 0 Å². The van der Waals surface area contributed by atoms with E-state index in [4.69, 9.17) is 0 Å². The summed E-state index contributed by atoms with van der Waals surface area (Å²) >= 11 is 0. The lowest BCUT2D eigenvalue weighted by molar-refractivity contribution is -0.140. The number of hydrogen-bond donors (Lipinski definition) is 1. The standard InChI is InChI=1S/C27H30N4O2/c1-2-30-26(33)27(19-23-7-3-4-8-24(23)22-9-14-28-15-10-22)11-16-31(17-12-27)25(32)18-21-6-5-13-29-20-21/h3-10,13-15,20H,2,11-12,16-19H2,1H3,(H,30,33). The number of likely N-dealkylation sites (tertiary alicyclic amines) is 1. The summed E-state index contributed by atoms with van der Waals surface area (Å²) in [5.41, 5.74) is 3.73. The molecule has 4 rings (SSSR count). The van der Waals surface area contributed by atoms with Crippen molar-refractivity contribution in [2.45, 2.75) is 32.6 Å². The van der Waals surface area contributed by atoms with Crippen LogP contribution < -0.4 is 5.32 Å². The monoisotopic (exact) mass is 442 g/mol. The summed E-state index contributed by atoms with van der Waals surface area (Å²) in [5, 5.41) is 3.06. The molecule has 0 atom stereocenters. The average molecular weight is 443 g/mol. The lowest BCUT2D eigenvalue weighted by Gasteiger charge is -2.41. The van der Waals surface area contributed by atoms with E-state index in [9.17, 15) is 9.59 Å². The molecule has 6 nitrogen and oxygen atoms in total. The molecule has 0 radical (unpaired) electrons. The summed E-state index contributed by atoms with van der Waals surface area (Å²) in [7, 11) is 0. The molecule has 0 saturated carbocycles. The summed E-state index contributed by atoms with van der Waals surface area (Å²) in [6.45, 7) is 3.70. The summed E-state index contributed by atoms with van der Waals surface area (Å²) in [6.07, 6.45) is 9.28. The largest absolute Gasteiger partial charge is 0.356 e. The van der Waals surface area contributed by atoms with Gasteiger partial charge in [0.2, 0.25) is 11.8 Å². The van der Waals surface area contributed by atoms with Gasteiger partial charge in [0.15, 0.2) is 0 Å². The van der Waals surface area contributed by atoms with E-state index in [0.717, 1.165) is 22.3 Å². The third kappa shape index (κ3) is 5.28. The molecular weight excluding hydrogens is 412 g/mol. The highest BCUT2D eigenvalue weighted by atomic mass is 16.2. The number of hydrogen-bond acceptors (Lipinski definition) is 4. The number of carbonyl (C=O) groups is 2. The minimum atomic E-state index is -0.537. The van der Waals surface area contributed by atoms with E-state index in [1.807, 2.05) is 48.2 Å². The molecule has 3 heterocycles. The number of benzene rings is 1. The number of aromatic nitrogens is 2. The van der Waals surface area contributed by atoms with Crippen LogP contribution in [0.3, 0.4) is 0 Å². The SMILES string of the molecule is CCNC(=O)C1(Cc2ccccc2-c2ccncc2)CCN(C(=O)Cc2cccnc2)CC1. The summed E-state index contributed by atoms with van der Waals surface area (Å²) < 4.78 is 0. The highest BCUT2D eigenvalue weighted by Crippen LogP contribution is 2.38. The second-order valence-electron chi connectivity index (χ2n) is 8.63. The smallest absolute Gasteiger partial charge is 0.227 e. The first-order valence-electron chi connectivity index (χ1n) is 11.5. The van der Waals surface area contributed by atoms with Gasteiger partial charge < -0.3 is 10.2 Å². The lowest BCUT2D eigenvalue weighted by atomic mass is 9.72. The minimum absolute atomic E-state index is 0.0777. The Morgan fingerprint density at radius 1 is 0.970 bits per heavy atom. The van der Waals surface area contributed by atoms with Crippen LogP contribution in [0.4, 0.5) is 0 Å². The van der Waals surface area contributed by atoms with Crippen LogP contribution in [0.25, 0.3) is 11.1 Å². The molecule has 1 saturated heterocycles. The number of nitrogens with one attached hydrogen (secondary N) is 1. The summed E-state index contributed by atoms with van der Waals surface area (Å²) in [6, 6.07) is 16.0. The van der Waals surface area contributed by atoms with Gasteiger partial charge in [0, 0.05) is 44.4 Å². The van der Waals surface area contributed by atoms with E-state index in [-0.39, 0.29) is 11.8 Å². The normalized spacial score (nSPS) is 15.1. The maximum absolute atomic E-state index is 13.3. The van der Waals surface area contributed by atoms with Crippen LogP contribution in [0.1, 0.15) is 30.9 Å². The van der Waals surface area contributed by atoms with Crippen molar-refractivity contribution >= 4 is 11.8 Å². The first kappa shape index (κ1) is 22.6. The van der Waals surface area contributed by atoms with Gasteiger partial charge in [0.05, 0.1) is 11.8 Å².